The first kappa shape index (κ1) is 15.5. The fourth-order valence-electron chi connectivity index (χ4n) is 2.65. The first-order chi connectivity index (χ1) is 10.6. The molecule has 3 rings (SSSR count). The van der Waals surface area contributed by atoms with Crippen LogP contribution in [-0.2, 0) is 14.6 Å². The molecule has 118 valence electrons. The van der Waals surface area contributed by atoms with Gasteiger partial charge in [0.25, 0.3) is 0 Å². The Bertz CT molecular complexity index is 726. The minimum atomic E-state index is -3.23. The van der Waals surface area contributed by atoms with Crippen LogP contribution in [0.25, 0.3) is 0 Å². The number of anilines is 1. The molecule has 0 radical (unpaired) electrons. The summed E-state index contributed by atoms with van der Waals surface area (Å²) in [6.45, 7) is 3.66. The zero-order chi connectivity index (χ0) is 15.6. The molecule has 1 fully saturated rings. The fourth-order valence-corrected chi connectivity index (χ4v) is 4.53. The van der Waals surface area contributed by atoms with Crippen molar-refractivity contribution in [3.05, 3.63) is 46.7 Å². The van der Waals surface area contributed by atoms with Gasteiger partial charge in [-0.1, -0.05) is 25.1 Å². The van der Waals surface area contributed by atoms with Crippen LogP contribution < -0.4 is 4.90 Å². The molecule has 1 atom stereocenters. The number of hydrogen-bond donors (Lipinski definition) is 0. The van der Waals surface area contributed by atoms with Crippen LogP contribution in [0, 0.1) is 0 Å². The summed E-state index contributed by atoms with van der Waals surface area (Å²) < 4.78 is 30.5. The lowest BCUT2D eigenvalue weighted by atomic mass is 10.2. The van der Waals surface area contributed by atoms with Gasteiger partial charge in [-0.3, -0.25) is 0 Å². The molecule has 22 heavy (non-hydrogen) atoms. The van der Waals surface area contributed by atoms with Crippen LogP contribution in [0.1, 0.15) is 17.9 Å². The van der Waals surface area contributed by atoms with Crippen molar-refractivity contribution in [3.8, 4) is 0 Å². The fraction of sp³-hybridized carbons (Fsp3) is 0.375. The number of para-hydroxylation sites is 1. The van der Waals surface area contributed by atoms with Gasteiger partial charge in [-0.2, -0.15) is 0 Å². The van der Waals surface area contributed by atoms with Crippen molar-refractivity contribution in [2.45, 2.75) is 17.9 Å². The lowest BCUT2D eigenvalue weighted by molar-refractivity contribution is 0.0419. The van der Waals surface area contributed by atoms with E-state index in [1.165, 1.54) is 4.88 Å². The molecule has 1 saturated heterocycles. The number of hydrogen-bond acceptors (Lipinski definition) is 5. The van der Waals surface area contributed by atoms with Crippen LogP contribution in [0.5, 0.6) is 0 Å². The minimum Gasteiger partial charge on any atom is -0.369 e. The maximum atomic E-state index is 12.3. The number of nitrogens with zero attached hydrogens (tertiary/aromatic N) is 1. The van der Waals surface area contributed by atoms with Crippen LogP contribution >= 0.6 is 11.3 Å². The van der Waals surface area contributed by atoms with Gasteiger partial charge in [0.05, 0.1) is 22.9 Å². The number of sulfone groups is 1. The normalized spacial score (nSPS) is 19.3. The van der Waals surface area contributed by atoms with Crippen molar-refractivity contribution >= 4 is 26.9 Å². The number of thiophene rings is 1. The summed E-state index contributed by atoms with van der Waals surface area (Å²) >= 11 is 1.67. The molecule has 0 saturated carbocycles. The van der Waals surface area contributed by atoms with Gasteiger partial charge in [0.2, 0.25) is 0 Å². The van der Waals surface area contributed by atoms with Gasteiger partial charge < -0.3 is 9.64 Å². The highest BCUT2D eigenvalue weighted by Crippen LogP contribution is 2.32. The Morgan fingerprint density at radius 3 is 2.82 bits per heavy atom. The number of morpholine rings is 1. The van der Waals surface area contributed by atoms with E-state index in [4.69, 9.17) is 4.74 Å². The number of ether oxygens (including phenoxy) is 1. The van der Waals surface area contributed by atoms with Crippen molar-refractivity contribution in [3.63, 3.8) is 0 Å². The molecule has 1 aliphatic rings. The zero-order valence-electron chi connectivity index (χ0n) is 12.4. The molecule has 1 aliphatic heterocycles. The molecule has 0 aliphatic carbocycles. The highest BCUT2D eigenvalue weighted by atomic mass is 32.2. The average Bonchev–Trinajstić information content (AvgIpc) is 3.09. The van der Waals surface area contributed by atoms with E-state index in [9.17, 15) is 8.42 Å². The zero-order valence-corrected chi connectivity index (χ0v) is 14.1. The number of benzene rings is 1. The standard InChI is InChI=1S/C16H19NO3S2/c1-2-22(18,19)16-8-4-3-6-13(16)17-9-10-20-14(12-17)15-7-5-11-21-15/h3-8,11,14H,2,9-10,12H2,1H3/t14-/m0/s1. The monoisotopic (exact) mass is 337 g/mol. The molecular formula is C16H19NO3S2. The van der Waals surface area contributed by atoms with E-state index < -0.39 is 9.84 Å². The molecule has 1 aromatic carbocycles. The Kier molecular flexibility index (Phi) is 4.52. The van der Waals surface area contributed by atoms with Crippen LogP contribution in [0.3, 0.4) is 0 Å². The van der Waals surface area contributed by atoms with E-state index in [1.54, 1.807) is 30.4 Å². The first-order valence-corrected chi connectivity index (χ1v) is 9.87. The molecule has 0 unspecified atom stereocenters. The third-order valence-electron chi connectivity index (χ3n) is 3.85. The van der Waals surface area contributed by atoms with Gasteiger partial charge in [-0.15, -0.1) is 11.3 Å². The van der Waals surface area contributed by atoms with E-state index in [2.05, 4.69) is 11.0 Å². The topological polar surface area (TPSA) is 46.6 Å². The largest absolute Gasteiger partial charge is 0.369 e. The van der Waals surface area contributed by atoms with E-state index in [0.717, 1.165) is 5.69 Å². The molecule has 0 N–H and O–H groups in total. The van der Waals surface area contributed by atoms with Crippen LogP contribution in [-0.4, -0.2) is 33.9 Å². The van der Waals surface area contributed by atoms with Gasteiger partial charge in [-0.25, -0.2) is 8.42 Å². The van der Waals surface area contributed by atoms with Crippen molar-refractivity contribution in [1.82, 2.24) is 0 Å². The Hall–Kier alpha value is -1.37. The number of rotatable bonds is 4. The molecule has 2 aromatic rings. The van der Waals surface area contributed by atoms with Crippen LogP contribution in [0.15, 0.2) is 46.7 Å². The highest BCUT2D eigenvalue weighted by molar-refractivity contribution is 7.91. The summed E-state index contributed by atoms with van der Waals surface area (Å²) in [5.74, 6) is 0.114. The summed E-state index contributed by atoms with van der Waals surface area (Å²) in [6.07, 6.45) is 0.00568. The second kappa shape index (κ2) is 6.40. The maximum Gasteiger partial charge on any atom is 0.180 e. The van der Waals surface area contributed by atoms with Crippen molar-refractivity contribution in [2.75, 3.05) is 30.3 Å². The van der Waals surface area contributed by atoms with E-state index >= 15 is 0 Å². The predicted octanol–water partition coefficient (Wildman–Crippen LogP) is 3.12. The Morgan fingerprint density at radius 1 is 1.27 bits per heavy atom. The lowest BCUT2D eigenvalue weighted by Crippen LogP contribution is -2.38. The smallest absolute Gasteiger partial charge is 0.180 e. The Labute approximate surface area is 135 Å². The predicted molar refractivity (Wildman–Crippen MR) is 89.4 cm³/mol. The van der Waals surface area contributed by atoms with Crippen molar-refractivity contribution in [1.29, 1.82) is 0 Å². The third kappa shape index (κ3) is 3.04. The second-order valence-electron chi connectivity index (χ2n) is 5.19. The molecular weight excluding hydrogens is 318 g/mol. The minimum absolute atomic E-state index is 0.00568. The molecule has 6 heteroatoms. The molecule has 2 heterocycles. The highest BCUT2D eigenvalue weighted by Gasteiger charge is 2.26. The summed E-state index contributed by atoms with van der Waals surface area (Å²) in [5.41, 5.74) is 0.786. The van der Waals surface area contributed by atoms with Gasteiger partial charge >= 0.3 is 0 Å². The van der Waals surface area contributed by atoms with E-state index in [0.29, 0.717) is 24.6 Å². The maximum absolute atomic E-state index is 12.3. The third-order valence-corrected chi connectivity index (χ3v) is 6.59. The van der Waals surface area contributed by atoms with Crippen molar-refractivity contribution in [2.24, 2.45) is 0 Å². The molecule has 0 spiro atoms. The van der Waals surface area contributed by atoms with Gasteiger partial charge in [0.15, 0.2) is 9.84 Å². The van der Waals surface area contributed by atoms with Gasteiger partial charge in [0.1, 0.15) is 6.10 Å². The van der Waals surface area contributed by atoms with E-state index in [-0.39, 0.29) is 11.9 Å². The van der Waals surface area contributed by atoms with Crippen LogP contribution in [0.4, 0.5) is 5.69 Å². The van der Waals surface area contributed by atoms with Gasteiger partial charge in [-0.05, 0) is 23.6 Å². The molecule has 0 bridgehead atoms. The van der Waals surface area contributed by atoms with E-state index in [1.807, 2.05) is 23.6 Å². The Balaban J connectivity index is 1.91. The second-order valence-corrected chi connectivity index (χ2v) is 8.42. The SMILES string of the molecule is CCS(=O)(=O)c1ccccc1N1CCO[C@H](c2cccs2)C1. The quantitative estimate of drug-likeness (QED) is 0.860. The van der Waals surface area contributed by atoms with Crippen molar-refractivity contribution < 1.29 is 13.2 Å². The molecule has 0 amide bonds. The summed E-state index contributed by atoms with van der Waals surface area (Å²) in [4.78, 5) is 3.72. The Morgan fingerprint density at radius 2 is 2.09 bits per heavy atom. The molecule has 1 aromatic heterocycles. The first-order valence-electron chi connectivity index (χ1n) is 7.33. The summed E-state index contributed by atoms with van der Waals surface area (Å²) in [5, 5.41) is 2.03. The summed E-state index contributed by atoms with van der Waals surface area (Å²) in [7, 11) is -3.23. The summed E-state index contributed by atoms with van der Waals surface area (Å²) in [6, 6.07) is 11.3. The lowest BCUT2D eigenvalue weighted by Gasteiger charge is -2.35. The molecule has 4 nitrogen and oxygen atoms in total. The van der Waals surface area contributed by atoms with Crippen LogP contribution in [0.2, 0.25) is 0 Å². The van der Waals surface area contributed by atoms with Gasteiger partial charge in [0, 0.05) is 18.0 Å². The average molecular weight is 337 g/mol.